The summed E-state index contributed by atoms with van der Waals surface area (Å²) < 4.78 is 0.619. The van der Waals surface area contributed by atoms with E-state index in [1.165, 1.54) is 28.7 Å². The highest BCUT2D eigenvalue weighted by Crippen LogP contribution is 2.25. The molecule has 0 aliphatic carbocycles. The Balaban J connectivity index is 1.37. The Kier molecular flexibility index (Phi) is 7.39. The van der Waals surface area contributed by atoms with Crippen LogP contribution in [0.3, 0.4) is 0 Å². The molecule has 0 saturated carbocycles. The molecule has 3 N–H and O–H groups in total. The van der Waals surface area contributed by atoms with Gasteiger partial charge < -0.3 is 10.6 Å². The van der Waals surface area contributed by atoms with Crippen LogP contribution in [0.25, 0.3) is 0 Å². The van der Waals surface area contributed by atoms with E-state index in [9.17, 15) is 9.59 Å². The number of nitrogens with one attached hydrogen (secondary N) is 3. The number of urea groups is 1. The van der Waals surface area contributed by atoms with Gasteiger partial charge in [-0.15, -0.1) is 10.2 Å². The van der Waals surface area contributed by atoms with Crippen LogP contribution in [-0.4, -0.2) is 34.4 Å². The fraction of sp³-hybridized carbons (Fsp3) is 0.158. The van der Waals surface area contributed by atoms with E-state index in [0.29, 0.717) is 21.7 Å². The zero-order valence-corrected chi connectivity index (χ0v) is 16.6. The second kappa shape index (κ2) is 10.4. The third kappa shape index (κ3) is 6.67. The van der Waals surface area contributed by atoms with Crippen LogP contribution in [0.5, 0.6) is 0 Å². The predicted molar refractivity (Wildman–Crippen MR) is 113 cm³/mol. The van der Waals surface area contributed by atoms with E-state index in [1.807, 2.05) is 48.5 Å². The SMILES string of the molecule is O=C(CSc1nnc(NC(=O)Nc2ccccc2)s1)NCCc1ccccc1. The van der Waals surface area contributed by atoms with E-state index >= 15 is 0 Å². The molecule has 0 atom stereocenters. The number of para-hydroxylation sites is 1. The molecule has 3 amide bonds. The molecular weight excluding hydrogens is 394 g/mol. The summed E-state index contributed by atoms with van der Waals surface area (Å²) in [5.74, 6) is 0.187. The Hall–Kier alpha value is -2.91. The average Bonchev–Trinajstić information content (AvgIpc) is 3.15. The van der Waals surface area contributed by atoms with Crippen molar-refractivity contribution in [1.29, 1.82) is 0 Å². The van der Waals surface area contributed by atoms with Crippen LogP contribution in [0.4, 0.5) is 15.6 Å². The van der Waals surface area contributed by atoms with Gasteiger partial charge in [-0.25, -0.2) is 4.79 Å². The van der Waals surface area contributed by atoms with E-state index in [2.05, 4.69) is 26.1 Å². The van der Waals surface area contributed by atoms with Crippen molar-refractivity contribution in [1.82, 2.24) is 15.5 Å². The fourth-order valence-corrected chi connectivity index (χ4v) is 3.85. The normalized spacial score (nSPS) is 10.3. The largest absolute Gasteiger partial charge is 0.355 e. The maximum atomic E-state index is 11.9. The predicted octanol–water partition coefficient (Wildman–Crippen LogP) is 3.63. The second-order valence-electron chi connectivity index (χ2n) is 5.69. The Morgan fingerprint density at radius 2 is 1.64 bits per heavy atom. The molecule has 2 aromatic carbocycles. The van der Waals surface area contributed by atoms with E-state index in [1.54, 1.807) is 12.1 Å². The van der Waals surface area contributed by atoms with Crippen LogP contribution in [-0.2, 0) is 11.2 Å². The number of thioether (sulfide) groups is 1. The number of rotatable bonds is 8. The molecule has 0 radical (unpaired) electrons. The quantitative estimate of drug-likeness (QED) is 0.387. The molecule has 0 unspecified atom stereocenters. The first-order chi connectivity index (χ1) is 13.7. The van der Waals surface area contributed by atoms with Crippen molar-refractivity contribution in [3.8, 4) is 0 Å². The van der Waals surface area contributed by atoms with Gasteiger partial charge in [-0.3, -0.25) is 10.1 Å². The van der Waals surface area contributed by atoms with Crippen molar-refractivity contribution in [2.75, 3.05) is 22.9 Å². The maximum Gasteiger partial charge on any atom is 0.325 e. The number of hydrogen-bond acceptors (Lipinski definition) is 6. The van der Waals surface area contributed by atoms with Gasteiger partial charge in [0.15, 0.2) is 4.34 Å². The zero-order chi connectivity index (χ0) is 19.6. The molecule has 3 aromatic rings. The highest BCUT2D eigenvalue weighted by molar-refractivity contribution is 8.01. The summed E-state index contributed by atoms with van der Waals surface area (Å²) in [6.07, 6.45) is 0.792. The second-order valence-corrected chi connectivity index (χ2v) is 7.89. The van der Waals surface area contributed by atoms with Crippen molar-refractivity contribution < 1.29 is 9.59 Å². The summed E-state index contributed by atoms with van der Waals surface area (Å²) in [4.78, 5) is 23.9. The van der Waals surface area contributed by atoms with Crippen LogP contribution >= 0.6 is 23.1 Å². The third-order valence-corrected chi connectivity index (χ3v) is 5.54. The lowest BCUT2D eigenvalue weighted by Gasteiger charge is -2.04. The molecule has 3 rings (SSSR count). The molecule has 9 heteroatoms. The number of amides is 3. The Morgan fingerprint density at radius 1 is 0.929 bits per heavy atom. The summed E-state index contributed by atoms with van der Waals surface area (Å²) >= 11 is 2.51. The number of anilines is 2. The van der Waals surface area contributed by atoms with Crippen molar-refractivity contribution in [2.45, 2.75) is 10.8 Å². The number of aromatic nitrogens is 2. The minimum Gasteiger partial charge on any atom is -0.355 e. The van der Waals surface area contributed by atoms with E-state index in [-0.39, 0.29) is 11.7 Å². The van der Waals surface area contributed by atoms with Crippen molar-refractivity contribution in [2.24, 2.45) is 0 Å². The first-order valence-electron chi connectivity index (χ1n) is 8.59. The van der Waals surface area contributed by atoms with Crippen molar-refractivity contribution in [3.63, 3.8) is 0 Å². The van der Waals surface area contributed by atoms with Crippen molar-refractivity contribution in [3.05, 3.63) is 66.2 Å². The molecule has 0 bridgehead atoms. The number of benzene rings is 2. The number of carbonyl (C=O) groups excluding carboxylic acids is 2. The van der Waals surface area contributed by atoms with Gasteiger partial charge in [0.25, 0.3) is 0 Å². The molecule has 0 aliphatic heterocycles. The fourth-order valence-electron chi connectivity index (χ4n) is 2.27. The summed E-state index contributed by atoms with van der Waals surface area (Å²) in [5.41, 5.74) is 1.87. The number of nitrogens with zero attached hydrogens (tertiary/aromatic N) is 2. The van der Waals surface area contributed by atoms with E-state index in [4.69, 9.17) is 0 Å². The lowest BCUT2D eigenvalue weighted by molar-refractivity contribution is -0.118. The van der Waals surface area contributed by atoms with Gasteiger partial charge in [0, 0.05) is 12.2 Å². The van der Waals surface area contributed by atoms with Gasteiger partial charge in [-0.2, -0.15) is 0 Å². The van der Waals surface area contributed by atoms with E-state index < -0.39 is 6.03 Å². The minimum absolute atomic E-state index is 0.0625. The summed E-state index contributed by atoms with van der Waals surface area (Å²) in [7, 11) is 0. The maximum absolute atomic E-state index is 11.9. The minimum atomic E-state index is -0.391. The monoisotopic (exact) mass is 413 g/mol. The molecule has 28 heavy (non-hydrogen) atoms. The Labute approximate surface area is 171 Å². The average molecular weight is 414 g/mol. The van der Waals surface area contributed by atoms with Crippen LogP contribution in [0.15, 0.2) is 65.0 Å². The van der Waals surface area contributed by atoms with Crippen LogP contribution in [0.1, 0.15) is 5.56 Å². The van der Waals surface area contributed by atoms with Gasteiger partial charge in [-0.05, 0) is 24.1 Å². The molecule has 0 spiro atoms. The molecule has 0 fully saturated rings. The number of hydrogen-bond donors (Lipinski definition) is 3. The van der Waals surface area contributed by atoms with Crippen molar-refractivity contribution >= 4 is 45.9 Å². The van der Waals surface area contributed by atoms with Gasteiger partial charge in [0.1, 0.15) is 0 Å². The van der Waals surface area contributed by atoms with Gasteiger partial charge in [-0.1, -0.05) is 71.6 Å². The molecule has 144 valence electrons. The molecule has 7 nitrogen and oxygen atoms in total. The number of carbonyl (C=O) groups is 2. The lowest BCUT2D eigenvalue weighted by Crippen LogP contribution is -2.27. The van der Waals surface area contributed by atoms with Crippen LogP contribution < -0.4 is 16.0 Å². The van der Waals surface area contributed by atoms with E-state index in [0.717, 1.165) is 6.42 Å². The summed E-state index contributed by atoms with van der Waals surface area (Å²) in [5, 5.41) is 16.5. The summed E-state index contributed by atoms with van der Waals surface area (Å²) in [6.45, 7) is 0.589. The highest BCUT2D eigenvalue weighted by atomic mass is 32.2. The first kappa shape index (κ1) is 19.8. The zero-order valence-electron chi connectivity index (χ0n) is 14.9. The van der Waals surface area contributed by atoms with Gasteiger partial charge in [0.05, 0.1) is 5.75 Å². The molecule has 1 heterocycles. The Morgan fingerprint density at radius 3 is 2.39 bits per heavy atom. The third-order valence-electron chi connectivity index (χ3n) is 3.56. The standard InChI is InChI=1S/C19H19N5O2S2/c25-16(20-12-11-14-7-3-1-4-8-14)13-27-19-24-23-18(28-19)22-17(26)21-15-9-5-2-6-10-15/h1-10H,11-13H2,(H,20,25)(H2,21,22,23,26). The molecule has 1 aromatic heterocycles. The van der Waals surface area contributed by atoms with Crippen LogP contribution in [0, 0.1) is 0 Å². The topological polar surface area (TPSA) is 96.0 Å². The molecule has 0 aliphatic rings. The van der Waals surface area contributed by atoms with Gasteiger partial charge >= 0.3 is 6.03 Å². The van der Waals surface area contributed by atoms with Crippen LogP contribution in [0.2, 0.25) is 0 Å². The highest BCUT2D eigenvalue weighted by Gasteiger charge is 2.10. The lowest BCUT2D eigenvalue weighted by atomic mass is 10.1. The molecular formula is C19H19N5O2S2. The summed E-state index contributed by atoms with van der Waals surface area (Å²) in [6, 6.07) is 18.7. The first-order valence-corrected chi connectivity index (χ1v) is 10.4. The Bertz CT molecular complexity index is 903. The van der Waals surface area contributed by atoms with Gasteiger partial charge in [0.2, 0.25) is 11.0 Å². The smallest absolute Gasteiger partial charge is 0.325 e. The molecule has 0 saturated heterocycles.